The number of fused-ring (bicyclic) bond motifs is 2. The first-order chi connectivity index (χ1) is 14.3. The number of ether oxygens (including phenoxy) is 1. The molecule has 7 heteroatoms. The maximum absolute atomic E-state index is 13.7. The number of rotatable bonds is 5. The summed E-state index contributed by atoms with van der Waals surface area (Å²) >= 11 is 0. The van der Waals surface area contributed by atoms with E-state index < -0.39 is 17.8 Å². The number of aliphatic hydroxyl groups is 1. The summed E-state index contributed by atoms with van der Waals surface area (Å²) in [7, 11) is 3.76. The van der Waals surface area contributed by atoms with Crippen LogP contribution in [0.25, 0.3) is 0 Å². The second-order valence-electron chi connectivity index (χ2n) is 8.84. The molecule has 5 unspecified atom stereocenters. The number of ketones is 2. The minimum absolute atomic E-state index is 0.0797. The van der Waals surface area contributed by atoms with Gasteiger partial charge in [0.2, 0.25) is 0 Å². The van der Waals surface area contributed by atoms with Crippen molar-refractivity contribution in [1.29, 1.82) is 0 Å². The number of Topliss-reactive ketones (excluding diaryl/α,β-unsaturated/α-hetero) is 2. The van der Waals surface area contributed by atoms with Crippen molar-refractivity contribution in [3.05, 3.63) is 47.2 Å². The van der Waals surface area contributed by atoms with Gasteiger partial charge < -0.3 is 14.4 Å². The molecule has 2 aromatic rings. The molecule has 0 amide bonds. The molecule has 1 saturated carbocycles. The zero-order valence-corrected chi connectivity index (χ0v) is 17.8. The van der Waals surface area contributed by atoms with Crippen LogP contribution in [-0.4, -0.2) is 47.4 Å². The first-order valence-electron chi connectivity index (χ1n) is 10.4. The van der Waals surface area contributed by atoms with E-state index in [0.717, 1.165) is 5.56 Å². The monoisotopic (exact) mass is 412 g/mol. The zero-order chi connectivity index (χ0) is 21.6. The van der Waals surface area contributed by atoms with Gasteiger partial charge in [0.05, 0.1) is 12.6 Å². The van der Waals surface area contributed by atoms with Crippen LogP contribution in [-0.2, 0) is 11.4 Å². The number of hydrogen-bond donors (Lipinski definition) is 1. The van der Waals surface area contributed by atoms with E-state index in [1.165, 1.54) is 0 Å². The number of carbonyl (C=O) groups excluding carboxylic acids is 2. The molecule has 0 bridgehead atoms. The van der Waals surface area contributed by atoms with E-state index in [9.17, 15) is 14.7 Å². The van der Waals surface area contributed by atoms with Gasteiger partial charge in [-0.15, -0.1) is 0 Å². The van der Waals surface area contributed by atoms with Crippen LogP contribution in [0.5, 0.6) is 5.88 Å². The molecule has 5 atom stereocenters. The summed E-state index contributed by atoms with van der Waals surface area (Å²) in [6.07, 6.45) is 0.641. The van der Waals surface area contributed by atoms with E-state index in [-0.39, 0.29) is 47.6 Å². The van der Waals surface area contributed by atoms with Gasteiger partial charge in [0.15, 0.2) is 17.3 Å². The summed E-state index contributed by atoms with van der Waals surface area (Å²) in [5.41, 5.74) is -0.387. The minimum Gasteiger partial charge on any atom is -0.470 e. The third kappa shape index (κ3) is 2.91. The Morgan fingerprint density at radius 1 is 1.23 bits per heavy atom. The fourth-order valence-corrected chi connectivity index (χ4v) is 5.12. The molecule has 0 spiro atoms. The Balaban J connectivity index is 1.80. The van der Waals surface area contributed by atoms with Crippen LogP contribution in [0.1, 0.15) is 48.0 Å². The zero-order valence-electron chi connectivity index (χ0n) is 17.8. The number of nitrogens with zero attached hydrogens (tertiary/aromatic N) is 2. The van der Waals surface area contributed by atoms with Gasteiger partial charge in [-0.1, -0.05) is 44.2 Å². The SMILES string of the molecule is CC1CC2C(N(C)C)c3onc(OCc4ccccc4)c3C(=O)C2(CO)C(=O)C1C. The van der Waals surface area contributed by atoms with E-state index in [2.05, 4.69) is 5.16 Å². The van der Waals surface area contributed by atoms with Gasteiger partial charge in [-0.25, -0.2) is 0 Å². The lowest BCUT2D eigenvalue weighted by Crippen LogP contribution is -2.60. The highest BCUT2D eigenvalue weighted by atomic mass is 16.5. The summed E-state index contributed by atoms with van der Waals surface area (Å²) in [6, 6.07) is 9.18. The number of carbonyl (C=O) groups is 2. The molecule has 1 aromatic heterocycles. The van der Waals surface area contributed by atoms with Crippen LogP contribution in [0.2, 0.25) is 0 Å². The van der Waals surface area contributed by atoms with Crippen LogP contribution < -0.4 is 4.74 Å². The predicted octanol–water partition coefficient (Wildman–Crippen LogP) is 2.89. The molecule has 0 aliphatic heterocycles. The molecule has 160 valence electrons. The molecule has 2 aliphatic rings. The highest BCUT2D eigenvalue weighted by Crippen LogP contribution is 2.56. The maximum Gasteiger partial charge on any atom is 0.265 e. The van der Waals surface area contributed by atoms with E-state index in [4.69, 9.17) is 9.26 Å². The summed E-state index contributed by atoms with van der Waals surface area (Å²) < 4.78 is 11.5. The van der Waals surface area contributed by atoms with Crippen molar-refractivity contribution in [1.82, 2.24) is 10.1 Å². The number of benzene rings is 1. The summed E-state index contributed by atoms with van der Waals surface area (Å²) in [6.45, 7) is 3.55. The maximum atomic E-state index is 13.7. The minimum atomic E-state index is -1.50. The molecule has 2 aliphatic carbocycles. The Hall–Kier alpha value is -2.51. The molecule has 30 heavy (non-hydrogen) atoms. The second-order valence-corrected chi connectivity index (χ2v) is 8.84. The first-order valence-corrected chi connectivity index (χ1v) is 10.4. The quantitative estimate of drug-likeness (QED) is 0.755. The molecule has 0 radical (unpaired) electrons. The number of aliphatic hydroxyl groups excluding tert-OH is 1. The first kappa shape index (κ1) is 20.8. The van der Waals surface area contributed by atoms with Gasteiger partial charge in [0, 0.05) is 11.8 Å². The third-order valence-corrected chi connectivity index (χ3v) is 6.96. The van der Waals surface area contributed by atoms with Crippen molar-refractivity contribution in [2.75, 3.05) is 20.7 Å². The molecule has 0 saturated heterocycles. The normalized spacial score (nSPS) is 30.9. The Kier molecular flexibility index (Phi) is 5.28. The lowest BCUT2D eigenvalue weighted by Gasteiger charge is -2.51. The van der Waals surface area contributed by atoms with E-state index in [1.54, 1.807) is 0 Å². The lowest BCUT2D eigenvalue weighted by molar-refractivity contribution is -0.145. The van der Waals surface area contributed by atoms with Crippen LogP contribution in [0, 0.1) is 23.2 Å². The Morgan fingerprint density at radius 2 is 1.93 bits per heavy atom. The fraction of sp³-hybridized carbons (Fsp3) is 0.522. The van der Waals surface area contributed by atoms with E-state index >= 15 is 0 Å². The smallest absolute Gasteiger partial charge is 0.265 e. The fourth-order valence-electron chi connectivity index (χ4n) is 5.12. The van der Waals surface area contributed by atoms with Crippen molar-refractivity contribution >= 4 is 11.6 Å². The topological polar surface area (TPSA) is 92.9 Å². The van der Waals surface area contributed by atoms with Crippen LogP contribution in [0.4, 0.5) is 0 Å². The number of hydrogen-bond acceptors (Lipinski definition) is 7. The average Bonchev–Trinajstić information content (AvgIpc) is 3.15. The van der Waals surface area contributed by atoms with Gasteiger partial charge in [-0.05, 0) is 37.2 Å². The van der Waals surface area contributed by atoms with Gasteiger partial charge in [0.25, 0.3) is 5.88 Å². The average molecular weight is 412 g/mol. The van der Waals surface area contributed by atoms with E-state index in [1.807, 2.05) is 63.2 Å². The Morgan fingerprint density at radius 3 is 2.57 bits per heavy atom. The van der Waals surface area contributed by atoms with Crippen LogP contribution in [0.3, 0.4) is 0 Å². The summed E-state index contributed by atoms with van der Waals surface area (Å²) in [4.78, 5) is 29.1. The summed E-state index contributed by atoms with van der Waals surface area (Å²) in [5.74, 6) is -0.729. The molecule has 4 rings (SSSR count). The molecular weight excluding hydrogens is 384 g/mol. The Bertz CT molecular complexity index is 954. The molecule has 1 heterocycles. The molecular formula is C23H28N2O5. The van der Waals surface area contributed by atoms with Crippen molar-refractivity contribution in [2.24, 2.45) is 23.2 Å². The van der Waals surface area contributed by atoms with Gasteiger partial charge >= 0.3 is 0 Å². The van der Waals surface area contributed by atoms with Gasteiger partial charge in [-0.2, -0.15) is 0 Å². The van der Waals surface area contributed by atoms with Crippen LogP contribution in [0.15, 0.2) is 34.9 Å². The predicted molar refractivity (Wildman–Crippen MR) is 109 cm³/mol. The number of aromatic nitrogens is 1. The van der Waals surface area contributed by atoms with Crippen molar-refractivity contribution in [2.45, 2.75) is 32.9 Å². The van der Waals surface area contributed by atoms with Gasteiger partial charge in [0.1, 0.15) is 17.6 Å². The third-order valence-electron chi connectivity index (χ3n) is 6.96. The van der Waals surface area contributed by atoms with Crippen molar-refractivity contribution < 1.29 is 24.0 Å². The molecule has 1 N–H and O–H groups in total. The van der Waals surface area contributed by atoms with Gasteiger partial charge in [-0.3, -0.25) is 14.5 Å². The van der Waals surface area contributed by atoms with Crippen LogP contribution >= 0.6 is 0 Å². The lowest BCUT2D eigenvalue weighted by atomic mass is 9.52. The molecule has 1 fully saturated rings. The largest absolute Gasteiger partial charge is 0.470 e. The van der Waals surface area contributed by atoms with Crippen molar-refractivity contribution in [3.8, 4) is 5.88 Å². The second kappa shape index (κ2) is 7.63. The molecule has 7 nitrogen and oxygen atoms in total. The highest BCUT2D eigenvalue weighted by molar-refractivity contribution is 6.18. The van der Waals surface area contributed by atoms with Crippen molar-refractivity contribution in [3.63, 3.8) is 0 Å². The molecule has 1 aromatic carbocycles. The standard InChI is InChI=1S/C23H28N2O5/c1-13-10-16-18(25(3)4)19-17(21(28)23(16,12-26)20(27)14(13)2)22(24-30-19)29-11-15-8-6-5-7-9-15/h5-9,13-14,16,18,26H,10-12H2,1-4H3. The Labute approximate surface area is 176 Å². The summed E-state index contributed by atoms with van der Waals surface area (Å²) in [5, 5.41) is 14.5. The van der Waals surface area contributed by atoms with E-state index in [0.29, 0.717) is 12.2 Å². The highest BCUT2D eigenvalue weighted by Gasteiger charge is 2.64.